The molecule has 2 unspecified atom stereocenters. The second-order valence-corrected chi connectivity index (χ2v) is 5.23. The molecule has 3 rings (SSSR count). The van der Waals surface area contributed by atoms with Crippen molar-refractivity contribution in [1.82, 2.24) is 15.2 Å². The van der Waals surface area contributed by atoms with Crippen LogP contribution in [0.5, 0.6) is 0 Å². The number of carbonyl (C=O) groups excluding carboxylic acids is 1. The Labute approximate surface area is 132 Å². The number of pyridine rings is 1. The Hall–Kier alpha value is -0.840. The van der Waals surface area contributed by atoms with Crippen LogP contribution in [0.15, 0.2) is 18.3 Å². The van der Waals surface area contributed by atoms with E-state index in [2.05, 4.69) is 15.2 Å². The van der Waals surface area contributed by atoms with E-state index in [1.807, 2.05) is 19.1 Å². The van der Waals surface area contributed by atoms with Gasteiger partial charge in [0.25, 0.3) is 5.91 Å². The van der Waals surface area contributed by atoms with Crippen LogP contribution >= 0.6 is 24.8 Å². The van der Waals surface area contributed by atoms with Gasteiger partial charge in [-0.2, -0.15) is 0 Å². The highest BCUT2D eigenvalue weighted by molar-refractivity contribution is 5.95. The highest BCUT2D eigenvalue weighted by Gasteiger charge is 2.38. The van der Waals surface area contributed by atoms with Gasteiger partial charge in [0.1, 0.15) is 0 Å². The van der Waals surface area contributed by atoms with Crippen LogP contribution in [0.3, 0.4) is 0 Å². The summed E-state index contributed by atoms with van der Waals surface area (Å²) in [5, 5.41) is 3.42. The van der Waals surface area contributed by atoms with Crippen LogP contribution in [0.2, 0.25) is 0 Å². The number of nitrogens with zero attached hydrogens (tertiary/aromatic N) is 2. The number of carbonyl (C=O) groups is 1. The molecular weight excluding hydrogens is 297 g/mol. The van der Waals surface area contributed by atoms with E-state index in [1.165, 1.54) is 0 Å². The van der Waals surface area contributed by atoms with Crippen molar-refractivity contribution in [2.45, 2.75) is 38.3 Å². The summed E-state index contributed by atoms with van der Waals surface area (Å²) in [5.41, 5.74) is 1.59. The maximum atomic E-state index is 12.7. The zero-order chi connectivity index (χ0) is 12.5. The molecule has 2 aliphatic heterocycles. The molecule has 0 radical (unpaired) electrons. The minimum absolute atomic E-state index is 0. The molecule has 112 valence electrons. The van der Waals surface area contributed by atoms with Crippen molar-refractivity contribution >= 4 is 30.7 Å². The zero-order valence-electron chi connectivity index (χ0n) is 11.5. The van der Waals surface area contributed by atoms with E-state index >= 15 is 0 Å². The summed E-state index contributed by atoms with van der Waals surface area (Å²) in [4.78, 5) is 19.0. The van der Waals surface area contributed by atoms with Crippen LogP contribution in [0.4, 0.5) is 0 Å². The van der Waals surface area contributed by atoms with Gasteiger partial charge in [-0.15, -0.1) is 24.8 Å². The number of halogens is 2. The lowest BCUT2D eigenvalue weighted by atomic mass is 10.1. The van der Waals surface area contributed by atoms with Gasteiger partial charge in [-0.3, -0.25) is 9.78 Å². The van der Waals surface area contributed by atoms with Crippen LogP contribution in [0.25, 0.3) is 0 Å². The number of nitrogens with one attached hydrogen (secondary N) is 1. The van der Waals surface area contributed by atoms with Gasteiger partial charge in [0.05, 0.1) is 5.56 Å². The predicted octanol–water partition coefficient (Wildman–Crippen LogP) is 2.20. The molecule has 2 aliphatic rings. The molecule has 1 aromatic heterocycles. The first-order chi connectivity index (χ1) is 8.77. The zero-order valence-corrected chi connectivity index (χ0v) is 13.2. The SMILES string of the molecule is Cc1ncccc1C(=O)N1C2CCNCC1CC2.Cl.Cl. The van der Waals surface area contributed by atoms with Crippen molar-refractivity contribution in [3.8, 4) is 0 Å². The van der Waals surface area contributed by atoms with Gasteiger partial charge in [-0.25, -0.2) is 0 Å². The van der Waals surface area contributed by atoms with Gasteiger partial charge >= 0.3 is 0 Å². The quantitative estimate of drug-likeness (QED) is 0.863. The topological polar surface area (TPSA) is 45.2 Å². The van der Waals surface area contributed by atoms with Gasteiger partial charge in [-0.1, -0.05) is 0 Å². The number of aryl methyl sites for hydroxylation is 1. The molecule has 0 aliphatic carbocycles. The van der Waals surface area contributed by atoms with Crippen LogP contribution in [0.1, 0.15) is 35.3 Å². The lowest BCUT2D eigenvalue weighted by Gasteiger charge is -2.28. The van der Waals surface area contributed by atoms with Gasteiger partial charge in [0, 0.05) is 30.5 Å². The molecule has 2 atom stereocenters. The Kier molecular flexibility index (Phi) is 6.24. The molecule has 4 nitrogen and oxygen atoms in total. The molecule has 20 heavy (non-hydrogen) atoms. The van der Waals surface area contributed by atoms with E-state index < -0.39 is 0 Å². The fourth-order valence-electron chi connectivity index (χ4n) is 3.16. The summed E-state index contributed by atoms with van der Waals surface area (Å²) in [7, 11) is 0. The van der Waals surface area contributed by atoms with Crippen molar-refractivity contribution in [2.75, 3.05) is 13.1 Å². The Morgan fingerprint density at radius 2 is 2.05 bits per heavy atom. The first kappa shape index (κ1) is 17.2. The lowest BCUT2D eigenvalue weighted by molar-refractivity contribution is 0.0679. The van der Waals surface area contributed by atoms with Crippen molar-refractivity contribution in [3.05, 3.63) is 29.6 Å². The predicted molar refractivity (Wildman–Crippen MR) is 83.9 cm³/mol. The van der Waals surface area contributed by atoms with Gasteiger partial charge in [0.2, 0.25) is 0 Å². The summed E-state index contributed by atoms with van der Waals surface area (Å²) in [5.74, 6) is 0.164. The minimum Gasteiger partial charge on any atom is -0.331 e. The van der Waals surface area contributed by atoms with E-state index in [9.17, 15) is 4.79 Å². The van der Waals surface area contributed by atoms with Crippen LogP contribution in [0, 0.1) is 6.92 Å². The third-order valence-electron chi connectivity index (χ3n) is 4.13. The van der Waals surface area contributed by atoms with Crippen LogP contribution in [-0.2, 0) is 0 Å². The van der Waals surface area contributed by atoms with Gasteiger partial charge in [-0.05, 0) is 44.9 Å². The average Bonchev–Trinajstić information content (AvgIpc) is 2.62. The summed E-state index contributed by atoms with van der Waals surface area (Å²) >= 11 is 0. The molecule has 3 heterocycles. The molecule has 2 fully saturated rings. The Morgan fingerprint density at radius 3 is 2.80 bits per heavy atom. The normalized spacial score (nSPS) is 24.4. The van der Waals surface area contributed by atoms with Crippen molar-refractivity contribution in [3.63, 3.8) is 0 Å². The molecule has 1 aromatic rings. The molecule has 6 heteroatoms. The monoisotopic (exact) mass is 317 g/mol. The molecular formula is C14H21Cl2N3O. The third-order valence-corrected chi connectivity index (χ3v) is 4.13. The third kappa shape index (κ3) is 3.08. The highest BCUT2D eigenvalue weighted by Crippen LogP contribution is 2.29. The molecule has 0 saturated carbocycles. The standard InChI is InChI=1S/C14H19N3O.2ClH/c1-10-13(3-2-7-16-10)14(18)17-11-4-5-12(17)9-15-8-6-11;;/h2-3,7,11-12,15H,4-6,8-9H2,1H3;2*1H. The van der Waals surface area contributed by atoms with Crippen molar-refractivity contribution < 1.29 is 4.79 Å². The Morgan fingerprint density at radius 1 is 1.30 bits per heavy atom. The first-order valence-electron chi connectivity index (χ1n) is 6.72. The lowest BCUT2D eigenvalue weighted by Crippen LogP contribution is -2.42. The average molecular weight is 318 g/mol. The van der Waals surface area contributed by atoms with E-state index in [0.29, 0.717) is 12.1 Å². The summed E-state index contributed by atoms with van der Waals surface area (Å²) < 4.78 is 0. The fourth-order valence-corrected chi connectivity index (χ4v) is 3.16. The molecule has 0 spiro atoms. The van der Waals surface area contributed by atoms with Crippen molar-refractivity contribution in [2.24, 2.45) is 0 Å². The number of amides is 1. The Balaban J connectivity index is 0.000001000. The second-order valence-electron chi connectivity index (χ2n) is 5.23. The molecule has 1 amide bonds. The molecule has 2 saturated heterocycles. The first-order valence-corrected chi connectivity index (χ1v) is 6.72. The van der Waals surface area contributed by atoms with Gasteiger partial charge < -0.3 is 10.2 Å². The summed E-state index contributed by atoms with van der Waals surface area (Å²) in [6.07, 6.45) is 5.09. The number of hydrogen-bond donors (Lipinski definition) is 1. The second kappa shape index (κ2) is 7.25. The number of aromatic nitrogens is 1. The fraction of sp³-hybridized carbons (Fsp3) is 0.571. The molecule has 1 N–H and O–H groups in total. The van der Waals surface area contributed by atoms with E-state index in [0.717, 1.165) is 43.6 Å². The van der Waals surface area contributed by atoms with E-state index in [-0.39, 0.29) is 30.7 Å². The number of rotatable bonds is 1. The van der Waals surface area contributed by atoms with Gasteiger partial charge in [0.15, 0.2) is 0 Å². The maximum Gasteiger partial charge on any atom is 0.256 e. The number of hydrogen-bond acceptors (Lipinski definition) is 3. The molecule has 0 aromatic carbocycles. The summed E-state index contributed by atoms with van der Waals surface area (Å²) in [6.45, 7) is 3.86. The summed E-state index contributed by atoms with van der Waals surface area (Å²) in [6, 6.07) is 4.52. The highest BCUT2D eigenvalue weighted by atomic mass is 35.5. The smallest absolute Gasteiger partial charge is 0.256 e. The molecule has 2 bridgehead atoms. The van der Waals surface area contributed by atoms with Crippen molar-refractivity contribution in [1.29, 1.82) is 0 Å². The maximum absolute atomic E-state index is 12.7. The van der Waals surface area contributed by atoms with E-state index in [4.69, 9.17) is 0 Å². The Bertz CT molecular complexity index is 455. The van der Waals surface area contributed by atoms with E-state index in [1.54, 1.807) is 6.20 Å². The van der Waals surface area contributed by atoms with Crippen LogP contribution in [-0.4, -0.2) is 41.0 Å². The largest absolute Gasteiger partial charge is 0.331 e. The van der Waals surface area contributed by atoms with Crippen LogP contribution < -0.4 is 5.32 Å². The minimum atomic E-state index is 0. The number of fused-ring (bicyclic) bond motifs is 2.